The van der Waals surface area contributed by atoms with Crippen molar-refractivity contribution in [2.24, 2.45) is 11.8 Å². The van der Waals surface area contributed by atoms with Gasteiger partial charge in [0.05, 0.1) is 0 Å². The molecule has 1 aliphatic rings. The van der Waals surface area contributed by atoms with Gasteiger partial charge < -0.3 is 0 Å². The Labute approximate surface area is 232 Å². The minimum Gasteiger partial charge on any atom is -0.0651 e. The molecule has 0 radical (unpaired) electrons. The first-order valence-corrected chi connectivity index (χ1v) is 15.5. The van der Waals surface area contributed by atoms with E-state index < -0.39 is 0 Å². The van der Waals surface area contributed by atoms with Crippen LogP contribution in [0.4, 0.5) is 0 Å². The second-order valence-corrected chi connectivity index (χ2v) is 12.1. The molecule has 4 rings (SSSR count). The molecule has 38 heavy (non-hydrogen) atoms. The summed E-state index contributed by atoms with van der Waals surface area (Å²) in [6.45, 7) is 16.3. The van der Waals surface area contributed by atoms with E-state index in [1.807, 2.05) is 0 Å². The Morgan fingerprint density at radius 3 is 1.87 bits per heavy atom. The van der Waals surface area contributed by atoms with E-state index in [1.165, 1.54) is 75.1 Å². The van der Waals surface area contributed by atoms with Crippen LogP contribution in [0.15, 0.2) is 60.7 Å². The van der Waals surface area contributed by atoms with E-state index in [2.05, 4.69) is 109 Å². The predicted molar refractivity (Wildman–Crippen MR) is 169 cm³/mol. The van der Waals surface area contributed by atoms with Crippen LogP contribution in [0.2, 0.25) is 0 Å². The molecule has 2 unspecified atom stereocenters. The van der Waals surface area contributed by atoms with Crippen molar-refractivity contribution in [3.8, 4) is 22.3 Å². The average molecular weight is 507 g/mol. The molecule has 3 aromatic rings. The first kappa shape index (κ1) is 28.4. The number of hydrogen-bond acceptors (Lipinski definition) is 0. The van der Waals surface area contributed by atoms with Gasteiger partial charge in [0.25, 0.3) is 0 Å². The van der Waals surface area contributed by atoms with Gasteiger partial charge in [0.2, 0.25) is 0 Å². The quantitative estimate of drug-likeness (QED) is 0.243. The summed E-state index contributed by atoms with van der Waals surface area (Å²) in [7, 11) is 0. The minimum absolute atomic E-state index is 0.771. The number of aryl methyl sites for hydroxylation is 1. The summed E-state index contributed by atoms with van der Waals surface area (Å²) < 4.78 is 0. The summed E-state index contributed by atoms with van der Waals surface area (Å²) in [5.41, 5.74) is 11.6. The Morgan fingerprint density at radius 2 is 1.34 bits per heavy atom. The minimum atomic E-state index is 0.771. The summed E-state index contributed by atoms with van der Waals surface area (Å²) in [4.78, 5) is 0. The SMILES string of the molecule is CCC/C(CC)=c1/c(-c2ccc(C3CC3CC(C)C)cc2)ccc(-c2ccc(CCC)cc2)/c1=C(/C)CC. The maximum atomic E-state index is 2.42. The average Bonchev–Trinajstić information content (AvgIpc) is 3.69. The van der Waals surface area contributed by atoms with Crippen LogP contribution in [-0.2, 0) is 6.42 Å². The second-order valence-electron chi connectivity index (χ2n) is 12.1. The zero-order valence-corrected chi connectivity index (χ0v) is 25.2. The molecule has 2 atom stereocenters. The smallest absolute Gasteiger partial charge is 0.0105 e. The maximum absolute atomic E-state index is 2.42. The molecule has 0 saturated heterocycles. The largest absolute Gasteiger partial charge is 0.0651 e. The van der Waals surface area contributed by atoms with Gasteiger partial charge in [-0.25, -0.2) is 0 Å². The Hall–Kier alpha value is -2.60. The molecular weight excluding hydrogens is 456 g/mol. The van der Waals surface area contributed by atoms with Crippen LogP contribution in [0, 0.1) is 11.8 Å². The highest BCUT2D eigenvalue weighted by atomic mass is 14.4. The van der Waals surface area contributed by atoms with Gasteiger partial charge in [-0.3, -0.25) is 0 Å². The number of rotatable bonds is 11. The molecule has 0 spiro atoms. The van der Waals surface area contributed by atoms with E-state index in [1.54, 1.807) is 5.57 Å². The molecule has 0 heterocycles. The fourth-order valence-electron chi connectivity index (χ4n) is 6.42. The number of benzene rings is 3. The van der Waals surface area contributed by atoms with Crippen molar-refractivity contribution in [2.45, 2.75) is 106 Å². The highest BCUT2D eigenvalue weighted by molar-refractivity contribution is 5.77. The summed E-state index contributed by atoms with van der Waals surface area (Å²) in [6.07, 6.45) is 9.57. The van der Waals surface area contributed by atoms with E-state index in [4.69, 9.17) is 0 Å². The molecule has 0 bridgehead atoms. The molecule has 202 valence electrons. The van der Waals surface area contributed by atoms with Gasteiger partial charge in [-0.1, -0.05) is 126 Å². The third-order valence-corrected chi connectivity index (χ3v) is 8.64. The van der Waals surface area contributed by atoms with E-state index >= 15 is 0 Å². The molecule has 1 aliphatic carbocycles. The molecule has 0 heteroatoms. The topological polar surface area (TPSA) is 0 Å². The first-order valence-electron chi connectivity index (χ1n) is 15.5. The van der Waals surface area contributed by atoms with Crippen LogP contribution in [0.3, 0.4) is 0 Å². The normalized spacial score (nSPS) is 18.5. The molecule has 3 aromatic carbocycles. The summed E-state index contributed by atoms with van der Waals surface area (Å²) in [5, 5.41) is 2.97. The van der Waals surface area contributed by atoms with Gasteiger partial charge in [0.1, 0.15) is 0 Å². The van der Waals surface area contributed by atoms with Gasteiger partial charge in [-0.2, -0.15) is 0 Å². The summed E-state index contributed by atoms with van der Waals surface area (Å²) in [6, 6.07) is 23.8. The Kier molecular flexibility index (Phi) is 9.69. The molecule has 0 nitrogen and oxygen atoms in total. The van der Waals surface area contributed by atoms with Crippen molar-refractivity contribution in [1.82, 2.24) is 0 Å². The van der Waals surface area contributed by atoms with Gasteiger partial charge >= 0.3 is 0 Å². The van der Waals surface area contributed by atoms with Crippen LogP contribution in [0.25, 0.3) is 33.4 Å². The Balaban J connectivity index is 1.88. The van der Waals surface area contributed by atoms with Crippen molar-refractivity contribution >= 4 is 11.1 Å². The van der Waals surface area contributed by atoms with Gasteiger partial charge in [-0.05, 0) is 107 Å². The molecular formula is C38H50. The zero-order chi connectivity index (χ0) is 27.2. The van der Waals surface area contributed by atoms with E-state index in [9.17, 15) is 0 Å². The van der Waals surface area contributed by atoms with Crippen LogP contribution in [-0.4, -0.2) is 0 Å². The van der Waals surface area contributed by atoms with Crippen LogP contribution < -0.4 is 10.4 Å². The van der Waals surface area contributed by atoms with Gasteiger partial charge in [0.15, 0.2) is 0 Å². The van der Waals surface area contributed by atoms with Crippen LogP contribution in [0.5, 0.6) is 0 Å². The third kappa shape index (κ3) is 6.33. The lowest BCUT2D eigenvalue weighted by Gasteiger charge is -2.16. The molecule has 0 aliphatic heterocycles. The lowest BCUT2D eigenvalue weighted by atomic mass is 9.88. The Bertz CT molecular complexity index is 1320. The maximum Gasteiger partial charge on any atom is -0.0105 e. The van der Waals surface area contributed by atoms with Crippen molar-refractivity contribution in [3.05, 3.63) is 82.2 Å². The van der Waals surface area contributed by atoms with Crippen molar-refractivity contribution in [3.63, 3.8) is 0 Å². The van der Waals surface area contributed by atoms with Crippen molar-refractivity contribution in [2.75, 3.05) is 0 Å². The lowest BCUT2D eigenvalue weighted by molar-refractivity contribution is 0.532. The predicted octanol–water partition coefficient (Wildman–Crippen LogP) is 10.1. The van der Waals surface area contributed by atoms with Crippen LogP contribution >= 0.6 is 0 Å². The van der Waals surface area contributed by atoms with Gasteiger partial charge in [-0.15, -0.1) is 0 Å². The van der Waals surface area contributed by atoms with Crippen LogP contribution in [0.1, 0.15) is 110 Å². The van der Waals surface area contributed by atoms with E-state index in [-0.39, 0.29) is 0 Å². The van der Waals surface area contributed by atoms with Crippen molar-refractivity contribution in [1.29, 1.82) is 0 Å². The molecule has 0 aromatic heterocycles. The highest BCUT2D eigenvalue weighted by Gasteiger charge is 2.38. The first-order chi connectivity index (χ1) is 18.4. The molecule has 1 saturated carbocycles. The molecule has 0 N–H and O–H groups in total. The Morgan fingerprint density at radius 1 is 0.737 bits per heavy atom. The second kappa shape index (κ2) is 13.0. The van der Waals surface area contributed by atoms with E-state index in [0.29, 0.717) is 0 Å². The summed E-state index contributed by atoms with van der Waals surface area (Å²) in [5.74, 6) is 2.46. The fourth-order valence-corrected chi connectivity index (χ4v) is 6.42. The highest BCUT2D eigenvalue weighted by Crippen LogP contribution is 2.50. The van der Waals surface area contributed by atoms with Gasteiger partial charge in [0, 0.05) is 0 Å². The standard InChI is InChI=1S/C38H50/c1-8-12-28-14-16-30(17-15-28)34-22-23-35(38(29(11-4)13-9-2)37(34)27(7)10-3)31-18-20-32(21-19-31)36-25-33(36)24-26(5)6/h14-23,26,33,36H,8-13,24-25H2,1-7H3/b37-27+,38-29-. The molecule has 1 fully saturated rings. The van der Waals surface area contributed by atoms with E-state index in [0.717, 1.165) is 43.4 Å². The third-order valence-electron chi connectivity index (χ3n) is 8.64. The monoisotopic (exact) mass is 506 g/mol. The summed E-state index contributed by atoms with van der Waals surface area (Å²) >= 11 is 0. The number of hydrogen-bond donors (Lipinski definition) is 0. The molecule has 0 amide bonds. The lowest BCUT2D eigenvalue weighted by Crippen LogP contribution is -2.33. The zero-order valence-electron chi connectivity index (χ0n) is 25.2. The van der Waals surface area contributed by atoms with Crippen molar-refractivity contribution < 1.29 is 0 Å². The fraction of sp³-hybridized carbons (Fsp3) is 0.474.